The van der Waals surface area contributed by atoms with Crippen LogP contribution in [0, 0.1) is 6.92 Å². The van der Waals surface area contributed by atoms with Gasteiger partial charge in [0.15, 0.2) is 0 Å². The van der Waals surface area contributed by atoms with E-state index in [1.54, 1.807) is 6.20 Å². The number of hydrogen-bond acceptors (Lipinski definition) is 3. The minimum Gasteiger partial charge on any atom is -0.368 e. The molecule has 0 aromatic carbocycles. The van der Waals surface area contributed by atoms with Crippen molar-refractivity contribution in [2.45, 2.75) is 32.9 Å². The van der Waals surface area contributed by atoms with Crippen LogP contribution < -0.4 is 11.1 Å². The number of carbonyl (C=O) groups is 1. The van der Waals surface area contributed by atoms with E-state index in [0.717, 1.165) is 11.3 Å². The Morgan fingerprint density at radius 1 is 1.60 bits per heavy atom. The van der Waals surface area contributed by atoms with Crippen LogP contribution in [-0.4, -0.2) is 16.9 Å². The molecular weight excluding hydrogens is 190 g/mol. The van der Waals surface area contributed by atoms with Crippen LogP contribution in [0.25, 0.3) is 0 Å². The molecule has 1 amide bonds. The first kappa shape index (κ1) is 11.7. The highest BCUT2D eigenvalue weighted by molar-refractivity contribution is 5.79. The van der Waals surface area contributed by atoms with E-state index in [-0.39, 0.29) is 11.9 Å². The summed E-state index contributed by atoms with van der Waals surface area (Å²) in [6, 6.07) is 3.68. The van der Waals surface area contributed by atoms with Gasteiger partial charge in [0, 0.05) is 18.4 Å². The summed E-state index contributed by atoms with van der Waals surface area (Å²) in [5.74, 6) is -0.308. The van der Waals surface area contributed by atoms with Crippen LogP contribution in [0.15, 0.2) is 18.3 Å². The summed E-state index contributed by atoms with van der Waals surface area (Å²) in [6.45, 7) is 4.49. The van der Waals surface area contributed by atoms with Crippen LogP contribution in [0.3, 0.4) is 0 Å². The third-order valence-electron chi connectivity index (χ3n) is 2.28. The second-order valence-corrected chi connectivity index (χ2v) is 3.55. The van der Waals surface area contributed by atoms with Gasteiger partial charge in [-0.1, -0.05) is 13.0 Å². The quantitative estimate of drug-likeness (QED) is 0.748. The number of hydrogen-bond donors (Lipinski definition) is 2. The number of rotatable bonds is 5. The summed E-state index contributed by atoms with van der Waals surface area (Å²) in [7, 11) is 0. The maximum Gasteiger partial charge on any atom is 0.234 e. The van der Waals surface area contributed by atoms with Gasteiger partial charge in [-0.05, 0) is 25.0 Å². The van der Waals surface area contributed by atoms with E-state index in [2.05, 4.69) is 10.3 Å². The molecule has 0 aliphatic carbocycles. The molecule has 0 radical (unpaired) electrons. The molecule has 0 saturated heterocycles. The SMILES string of the molecule is CCC(NCc1ccc(C)nc1)C(N)=O. The second kappa shape index (κ2) is 5.46. The number of nitrogens with two attached hydrogens (primary N) is 1. The third-order valence-corrected chi connectivity index (χ3v) is 2.28. The Hall–Kier alpha value is -1.42. The van der Waals surface area contributed by atoms with Gasteiger partial charge in [-0.3, -0.25) is 9.78 Å². The van der Waals surface area contributed by atoms with Crippen molar-refractivity contribution >= 4 is 5.91 Å². The fourth-order valence-electron chi connectivity index (χ4n) is 1.29. The Bertz CT molecular complexity index is 321. The van der Waals surface area contributed by atoms with Gasteiger partial charge in [-0.15, -0.1) is 0 Å². The molecule has 1 heterocycles. The first-order valence-electron chi connectivity index (χ1n) is 5.07. The van der Waals surface area contributed by atoms with Crippen molar-refractivity contribution in [2.75, 3.05) is 0 Å². The number of carbonyl (C=O) groups excluding carboxylic acids is 1. The lowest BCUT2D eigenvalue weighted by atomic mass is 10.2. The highest BCUT2D eigenvalue weighted by Gasteiger charge is 2.11. The normalized spacial score (nSPS) is 12.4. The minimum atomic E-state index is -0.308. The van der Waals surface area contributed by atoms with Gasteiger partial charge in [-0.2, -0.15) is 0 Å². The number of amides is 1. The summed E-state index contributed by atoms with van der Waals surface area (Å²) in [5.41, 5.74) is 7.26. The van der Waals surface area contributed by atoms with Gasteiger partial charge < -0.3 is 11.1 Å². The molecule has 15 heavy (non-hydrogen) atoms. The maximum atomic E-state index is 10.9. The fourth-order valence-corrected chi connectivity index (χ4v) is 1.29. The molecule has 1 aromatic heterocycles. The van der Waals surface area contributed by atoms with Gasteiger partial charge in [0.05, 0.1) is 6.04 Å². The van der Waals surface area contributed by atoms with Crippen molar-refractivity contribution < 1.29 is 4.79 Å². The van der Waals surface area contributed by atoms with Gasteiger partial charge in [0.1, 0.15) is 0 Å². The molecule has 0 spiro atoms. The molecule has 1 rings (SSSR count). The molecule has 0 fully saturated rings. The average Bonchev–Trinajstić information content (AvgIpc) is 2.21. The molecule has 3 N–H and O–H groups in total. The lowest BCUT2D eigenvalue weighted by Gasteiger charge is -2.12. The standard InChI is InChI=1S/C11H17N3O/c1-3-10(11(12)15)14-7-9-5-4-8(2)13-6-9/h4-6,10,14H,3,7H2,1-2H3,(H2,12,15). The predicted molar refractivity (Wildman–Crippen MR) is 59.1 cm³/mol. The average molecular weight is 207 g/mol. The zero-order valence-electron chi connectivity index (χ0n) is 9.16. The van der Waals surface area contributed by atoms with Gasteiger partial charge >= 0.3 is 0 Å². The topological polar surface area (TPSA) is 68.0 Å². The number of primary amides is 1. The monoisotopic (exact) mass is 207 g/mol. The highest BCUT2D eigenvalue weighted by atomic mass is 16.1. The highest BCUT2D eigenvalue weighted by Crippen LogP contribution is 2.00. The van der Waals surface area contributed by atoms with E-state index in [9.17, 15) is 4.79 Å². The molecule has 0 aliphatic heterocycles. The van der Waals surface area contributed by atoms with Crippen LogP contribution in [0.1, 0.15) is 24.6 Å². The molecule has 0 aliphatic rings. The molecule has 1 aromatic rings. The summed E-state index contributed by atoms with van der Waals surface area (Å²) >= 11 is 0. The van der Waals surface area contributed by atoms with Crippen LogP contribution in [0.4, 0.5) is 0 Å². The van der Waals surface area contributed by atoms with E-state index in [4.69, 9.17) is 5.73 Å². The van der Waals surface area contributed by atoms with Gasteiger partial charge in [-0.25, -0.2) is 0 Å². The van der Waals surface area contributed by atoms with Gasteiger partial charge in [0.2, 0.25) is 5.91 Å². The predicted octanol–water partition coefficient (Wildman–Crippen LogP) is 0.744. The number of nitrogens with zero attached hydrogens (tertiary/aromatic N) is 1. The maximum absolute atomic E-state index is 10.9. The Balaban J connectivity index is 2.49. The van der Waals surface area contributed by atoms with Crippen LogP contribution in [0.5, 0.6) is 0 Å². The molecule has 0 saturated carbocycles. The largest absolute Gasteiger partial charge is 0.368 e. The Kier molecular flexibility index (Phi) is 4.24. The van der Waals surface area contributed by atoms with Crippen molar-refractivity contribution in [2.24, 2.45) is 5.73 Å². The Morgan fingerprint density at radius 2 is 2.33 bits per heavy atom. The smallest absolute Gasteiger partial charge is 0.234 e. The Labute approximate surface area is 89.9 Å². The number of nitrogens with one attached hydrogen (secondary N) is 1. The molecule has 4 heteroatoms. The summed E-state index contributed by atoms with van der Waals surface area (Å²) in [6.07, 6.45) is 2.50. The van der Waals surface area contributed by atoms with Crippen LogP contribution in [-0.2, 0) is 11.3 Å². The first-order valence-corrected chi connectivity index (χ1v) is 5.07. The summed E-state index contributed by atoms with van der Waals surface area (Å²) in [4.78, 5) is 15.1. The molecule has 1 atom stereocenters. The fraction of sp³-hybridized carbons (Fsp3) is 0.455. The lowest BCUT2D eigenvalue weighted by Crippen LogP contribution is -2.40. The van der Waals surface area contributed by atoms with Crippen molar-refractivity contribution in [1.82, 2.24) is 10.3 Å². The van der Waals surface area contributed by atoms with Crippen LogP contribution in [0.2, 0.25) is 0 Å². The van der Waals surface area contributed by atoms with Crippen molar-refractivity contribution in [3.63, 3.8) is 0 Å². The Morgan fingerprint density at radius 3 is 2.80 bits per heavy atom. The molecule has 82 valence electrons. The molecule has 1 unspecified atom stereocenters. The second-order valence-electron chi connectivity index (χ2n) is 3.55. The van der Waals surface area contributed by atoms with Crippen molar-refractivity contribution in [3.8, 4) is 0 Å². The molecule has 0 bridgehead atoms. The van der Waals surface area contributed by atoms with E-state index in [1.807, 2.05) is 26.0 Å². The number of aryl methyl sites for hydroxylation is 1. The van der Waals surface area contributed by atoms with Gasteiger partial charge in [0.25, 0.3) is 0 Å². The third kappa shape index (κ3) is 3.67. The zero-order valence-corrected chi connectivity index (χ0v) is 9.16. The van der Waals surface area contributed by atoms with Crippen molar-refractivity contribution in [3.05, 3.63) is 29.6 Å². The summed E-state index contributed by atoms with van der Waals surface area (Å²) < 4.78 is 0. The molecular formula is C11H17N3O. The van der Waals surface area contributed by atoms with E-state index >= 15 is 0 Å². The number of aromatic nitrogens is 1. The first-order chi connectivity index (χ1) is 7.13. The summed E-state index contributed by atoms with van der Waals surface area (Å²) in [5, 5.41) is 3.09. The lowest BCUT2D eigenvalue weighted by molar-refractivity contribution is -0.120. The van der Waals surface area contributed by atoms with Crippen LogP contribution >= 0.6 is 0 Å². The zero-order chi connectivity index (χ0) is 11.3. The van der Waals surface area contributed by atoms with E-state index < -0.39 is 0 Å². The molecule has 4 nitrogen and oxygen atoms in total. The van der Waals surface area contributed by atoms with E-state index in [1.165, 1.54) is 0 Å². The minimum absolute atomic E-state index is 0.258. The number of pyridine rings is 1. The van der Waals surface area contributed by atoms with E-state index in [0.29, 0.717) is 13.0 Å². The van der Waals surface area contributed by atoms with Crippen molar-refractivity contribution in [1.29, 1.82) is 0 Å².